The average molecular weight is 361 g/mol. The number of nitrogens with zero attached hydrogens (tertiary/aromatic N) is 2. The first-order valence-electron chi connectivity index (χ1n) is 7.16. The van der Waals surface area contributed by atoms with E-state index in [1.165, 1.54) is 6.07 Å². The number of primary amides is 2. The normalized spacial score (nSPS) is 12.4. The van der Waals surface area contributed by atoms with Crippen LogP contribution in [0.25, 0.3) is 10.9 Å². The van der Waals surface area contributed by atoms with Gasteiger partial charge in [0.1, 0.15) is 5.92 Å². The molecule has 11 heteroatoms. The van der Waals surface area contributed by atoms with E-state index in [0.29, 0.717) is 16.6 Å². The highest BCUT2D eigenvalue weighted by atomic mass is 16.6. The number of carbonyl (C=O) groups excluding carboxylic acids is 3. The van der Waals surface area contributed by atoms with Crippen molar-refractivity contribution in [1.82, 2.24) is 4.98 Å². The average Bonchev–Trinajstić information content (AvgIpc) is 2.57. The molecule has 2 rings (SSSR count). The van der Waals surface area contributed by atoms with Crippen molar-refractivity contribution in [2.24, 2.45) is 16.6 Å². The van der Waals surface area contributed by atoms with Gasteiger partial charge >= 0.3 is 18.2 Å². The van der Waals surface area contributed by atoms with Crippen LogP contribution < -0.4 is 17.2 Å². The van der Waals surface area contributed by atoms with Crippen molar-refractivity contribution >= 4 is 40.6 Å². The highest BCUT2D eigenvalue weighted by Gasteiger charge is 2.29. The minimum absolute atomic E-state index is 0.142. The van der Waals surface area contributed by atoms with Crippen LogP contribution in [0.5, 0.6) is 0 Å². The molecule has 0 bridgehead atoms. The quantitative estimate of drug-likeness (QED) is 0.117. The molecule has 136 valence electrons. The molecule has 0 spiro atoms. The number of ether oxygens (including phenoxy) is 2. The fourth-order valence-electron chi connectivity index (χ4n) is 2.26. The second-order valence-corrected chi connectivity index (χ2v) is 5.06. The van der Waals surface area contributed by atoms with E-state index in [1.807, 2.05) is 0 Å². The Balaban J connectivity index is 2.44. The monoisotopic (exact) mass is 361 g/mol. The van der Waals surface area contributed by atoms with Gasteiger partial charge in [0, 0.05) is 17.5 Å². The lowest BCUT2D eigenvalue weighted by atomic mass is 9.99. The van der Waals surface area contributed by atoms with Crippen LogP contribution in [-0.2, 0) is 14.3 Å². The van der Waals surface area contributed by atoms with Gasteiger partial charge in [-0.2, -0.15) is 0 Å². The summed E-state index contributed by atoms with van der Waals surface area (Å²) < 4.78 is 8.86. The molecule has 11 nitrogen and oxygen atoms in total. The molecule has 0 saturated heterocycles. The Morgan fingerprint density at radius 2 is 1.81 bits per heavy atom. The Morgan fingerprint density at radius 1 is 1.12 bits per heavy atom. The van der Waals surface area contributed by atoms with Gasteiger partial charge in [0.2, 0.25) is 5.90 Å². The molecule has 0 saturated carbocycles. The molecule has 0 aliphatic rings. The molecule has 0 aliphatic heterocycles. The van der Waals surface area contributed by atoms with Gasteiger partial charge in [0.15, 0.2) is 0 Å². The summed E-state index contributed by atoms with van der Waals surface area (Å²) in [7, 11) is 0. The van der Waals surface area contributed by atoms with Crippen LogP contribution >= 0.6 is 0 Å². The molecule has 7 N–H and O–H groups in total. The van der Waals surface area contributed by atoms with Crippen LogP contribution in [0.3, 0.4) is 0 Å². The maximum atomic E-state index is 12.2. The zero-order chi connectivity index (χ0) is 19.3. The van der Waals surface area contributed by atoms with E-state index in [1.54, 1.807) is 24.3 Å². The number of nitrogens with two attached hydrogens (primary N) is 3. The van der Waals surface area contributed by atoms with Crippen molar-refractivity contribution in [1.29, 1.82) is 0 Å². The van der Waals surface area contributed by atoms with Crippen molar-refractivity contribution in [3.8, 4) is 0 Å². The van der Waals surface area contributed by atoms with Gasteiger partial charge in [-0.25, -0.2) is 9.59 Å². The van der Waals surface area contributed by atoms with Crippen molar-refractivity contribution in [3.05, 3.63) is 36.0 Å². The highest BCUT2D eigenvalue weighted by Crippen LogP contribution is 2.26. The second kappa shape index (κ2) is 7.79. The zero-order valence-electron chi connectivity index (χ0n) is 13.3. The molecule has 1 aromatic carbocycles. The van der Waals surface area contributed by atoms with Gasteiger partial charge in [-0.15, -0.1) is 0 Å². The van der Waals surface area contributed by atoms with E-state index >= 15 is 0 Å². The van der Waals surface area contributed by atoms with Gasteiger partial charge in [-0.1, -0.05) is 11.2 Å². The molecule has 26 heavy (non-hydrogen) atoms. The van der Waals surface area contributed by atoms with E-state index in [2.05, 4.69) is 19.6 Å². The number of rotatable bonds is 4. The van der Waals surface area contributed by atoms with Crippen molar-refractivity contribution in [3.63, 3.8) is 0 Å². The molecule has 1 atom stereocenters. The molecular formula is C15H15N5O6. The third-order valence-electron chi connectivity index (χ3n) is 3.34. The van der Waals surface area contributed by atoms with E-state index < -0.39 is 36.4 Å². The van der Waals surface area contributed by atoms with Crippen LogP contribution in [0.4, 0.5) is 15.3 Å². The summed E-state index contributed by atoms with van der Waals surface area (Å²) in [6.45, 7) is 0. The van der Waals surface area contributed by atoms with Gasteiger partial charge in [-0.3, -0.25) is 9.78 Å². The number of hydrogen-bond acceptors (Lipinski definition) is 9. The van der Waals surface area contributed by atoms with Gasteiger partial charge in [0.25, 0.3) is 0 Å². The first-order chi connectivity index (χ1) is 12.3. The summed E-state index contributed by atoms with van der Waals surface area (Å²) in [6.07, 6.45) is -3.05. The third-order valence-corrected chi connectivity index (χ3v) is 3.34. The Bertz CT molecular complexity index is 897. The van der Waals surface area contributed by atoms with Crippen LogP contribution in [0.15, 0.2) is 35.5 Å². The predicted molar refractivity (Wildman–Crippen MR) is 89.1 cm³/mol. The minimum Gasteiger partial charge on any atom is -0.408 e. The van der Waals surface area contributed by atoms with Gasteiger partial charge in [0.05, 0.1) is 11.2 Å². The number of anilines is 1. The predicted octanol–water partition coefficient (Wildman–Crippen LogP) is 0.796. The number of esters is 1. The molecule has 1 aromatic heterocycles. The van der Waals surface area contributed by atoms with Crippen LogP contribution in [0.1, 0.15) is 18.0 Å². The maximum absolute atomic E-state index is 12.2. The number of pyridine rings is 1. The van der Waals surface area contributed by atoms with E-state index in [9.17, 15) is 14.4 Å². The molecule has 1 unspecified atom stereocenters. The summed E-state index contributed by atoms with van der Waals surface area (Å²) >= 11 is 0. The summed E-state index contributed by atoms with van der Waals surface area (Å²) in [5.74, 6) is -2.92. The Labute approximate surface area is 146 Å². The summed E-state index contributed by atoms with van der Waals surface area (Å²) in [4.78, 5) is 38.2. The zero-order valence-corrected chi connectivity index (χ0v) is 13.3. The van der Waals surface area contributed by atoms with Gasteiger partial charge in [-0.05, 0) is 24.3 Å². The van der Waals surface area contributed by atoms with E-state index in [0.717, 1.165) is 0 Å². The van der Waals surface area contributed by atoms with Crippen LogP contribution in [-0.4, -0.2) is 34.2 Å². The number of hydrogen-bond donors (Lipinski definition) is 4. The summed E-state index contributed by atoms with van der Waals surface area (Å²) in [5.41, 5.74) is 16.7. The molecule has 0 radical (unpaired) electrons. The maximum Gasteiger partial charge on any atom is 0.412 e. The number of fused-ring (bicyclic) bond motifs is 1. The fraction of sp³-hybridized carbons (Fsp3) is 0.133. The molecule has 1 heterocycles. The molecular weight excluding hydrogens is 346 g/mol. The van der Waals surface area contributed by atoms with Gasteiger partial charge < -0.3 is 31.9 Å². The van der Waals surface area contributed by atoms with Crippen LogP contribution in [0.2, 0.25) is 0 Å². The molecule has 0 aliphatic carbocycles. The lowest BCUT2D eigenvalue weighted by Gasteiger charge is -2.15. The Kier molecular flexibility index (Phi) is 5.53. The number of oxime groups is 1. The topological polar surface area (TPSA) is 193 Å². The first-order valence-corrected chi connectivity index (χ1v) is 7.16. The SMILES string of the molecule is NC(=O)OC(=O)C(C/C(=N\O)OC(N)=O)c1ccc2c(N)cccc2n1. The minimum atomic E-state index is -1.33. The number of benzene rings is 1. The number of aromatic nitrogens is 1. The highest BCUT2D eigenvalue weighted by molar-refractivity contribution is 5.95. The smallest absolute Gasteiger partial charge is 0.408 e. The lowest BCUT2D eigenvalue weighted by molar-refractivity contribution is -0.138. The second-order valence-electron chi connectivity index (χ2n) is 5.06. The Hall–Kier alpha value is -3.89. The molecule has 2 aromatic rings. The largest absolute Gasteiger partial charge is 0.412 e. The van der Waals surface area contributed by atoms with Crippen molar-refractivity contribution < 1.29 is 29.1 Å². The fourth-order valence-corrected chi connectivity index (χ4v) is 2.26. The van der Waals surface area contributed by atoms with Crippen molar-refractivity contribution in [2.45, 2.75) is 12.3 Å². The third kappa shape index (κ3) is 4.35. The Morgan fingerprint density at radius 3 is 2.42 bits per heavy atom. The van der Waals surface area contributed by atoms with Crippen molar-refractivity contribution in [2.75, 3.05) is 5.73 Å². The van der Waals surface area contributed by atoms with E-state index in [-0.39, 0.29) is 5.69 Å². The first kappa shape index (κ1) is 18.4. The standard InChI is InChI=1S/C15H15N5O6/c16-9-2-1-3-10-7(9)4-5-11(19-10)8(13(21)26-15(18)23)6-12(20-24)25-14(17)22/h1-5,8,24H,6,16H2,(H2,17,22)(H2,18,23)/b20-12+. The molecule has 2 amide bonds. The number of amides is 2. The summed E-state index contributed by atoms with van der Waals surface area (Å²) in [6, 6.07) is 8.08. The van der Waals surface area contributed by atoms with E-state index in [4.69, 9.17) is 22.4 Å². The number of carbonyl (C=O) groups is 3. The lowest BCUT2D eigenvalue weighted by Crippen LogP contribution is -2.28. The number of nitrogen functional groups attached to an aromatic ring is 1. The summed E-state index contributed by atoms with van der Waals surface area (Å²) in [5, 5.41) is 12.3. The molecule has 0 fully saturated rings. The van der Waals surface area contributed by atoms with Crippen LogP contribution in [0, 0.1) is 0 Å².